The average molecular weight is 353 g/mol. The molecule has 1 aromatic heterocycles. The van der Waals surface area contributed by atoms with Gasteiger partial charge in [0.1, 0.15) is 0 Å². The normalized spacial score (nSPS) is 15.0. The average Bonchev–Trinajstić information content (AvgIpc) is 2.69. The number of hydrogen-bond acceptors (Lipinski definition) is 3. The number of halogens is 1. The number of rotatable bonds is 7. The Morgan fingerprint density at radius 2 is 2.31 bits per heavy atom. The molecular formula is C12H20INOS. The second kappa shape index (κ2) is 7.63. The van der Waals surface area contributed by atoms with Crippen molar-refractivity contribution in [1.29, 1.82) is 0 Å². The van der Waals surface area contributed by atoms with E-state index in [0.29, 0.717) is 12.0 Å². The predicted molar refractivity (Wildman–Crippen MR) is 79.1 cm³/mol. The highest BCUT2D eigenvalue weighted by Crippen LogP contribution is 2.29. The molecule has 1 heterocycles. The molecule has 1 aromatic rings. The van der Waals surface area contributed by atoms with Crippen molar-refractivity contribution in [2.24, 2.45) is 5.92 Å². The Labute approximate surface area is 116 Å². The van der Waals surface area contributed by atoms with E-state index in [-0.39, 0.29) is 0 Å². The molecule has 0 radical (unpaired) electrons. The van der Waals surface area contributed by atoms with Crippen molar-refractivity contribution in [2.75, 3.05) is 20.3 Å². The third-order valence-electron chi connectivity index (χ3n) is 2.72. The van der Waals surface area contributed by atoms with E-state index in [0.717, 1.165) is 19.6 Å². The van der Waals surface area contributed by atoms with Gasteiger partial charge in [0.15, 0.2) is 0 Å². The summed E-state index contributed by atoms with van der Waals surface area (Å²) in [6, 6.07) is 2.74. The first-order valence-electron chi connectivity index (χ1n) is 5.65. The fourth-order valence-electron chi connectivity index (χ4n) is 1.82. The molecule has 0 aliphatic heterocycles. The molecule has 1 N–H and O–H groups in total. The zero-order valence-corrected chi connectivity index (χ0v) is 13.1. The maximum absolute atomic E-state index is 5.16. The largest absolute Gasteiger partial charge is 0.385 e. The van der Waals surface area contributed by atoms with Crippen LogP contribution in [0, 0.1) is 8.80 Å². The maximum atomic E-state index is 5.16. The van der Waals surface area contributed by atoms with Crippen molar-refractivity contribution in [3.05, 3.63) is 19.9 Å². The van der Waals surface area contributed by atoms with Crippen LogP contribution < -0.4 is 5.32 Å². The molecule has 1 rings (SSSR count). The van der Waals surface area contributed by atoms with Crippen molar-refractivity contribution in [2.45, 2.75) is 26.3 Å². The number of nitrogens with one attached hydrogen (secondary N) is 1. The van der Waals surface area contributed by atoms with Crippen molar-refractivity contribution in [3.8, 4) is 0 Å². The van der Waals surface area contributed by atoms with Crippen LogP contribution in [-0.2, 0) is 4.74 Å². The summed E-state index contributed by atoms with van der Waals surface area (Å²) in [7, 11) is 1.77. The van der Waals surface area contributed by atoms with Crippen LogP contribution in [0.4, 0.5) is 0 Å². The van der Waals surface area contributed by atoms with E-state index < -0.39 is 0 Å². The van der Waals surface area contributed by atoms with Gasteiger partial charge in [-0.25, -0.2) is 0 Å². The molecule has 2 atom stereocenters. The predicted octanol–water partition coefficient (Wildman–Crippen LogP) is 3.68. The molecule has 0 aromatic carbocycles. The molecule has 0 aliphatic rings. The molecule has 2 unspecified atom stereocenters. The fourth-order valence-corrected chi connectivity index (χ4v) is 3.23. The third-order valence-corrected chi connectivity index (χ3v) is 4.52. The minimum absolute atomic E-state index is 0.458. The van der Waals surface area contributed by atoms with Crippen LogP contribution in [0.2, 0.25) is 0 Å². The summed E-state index contributed by atoms with van der Waals surface area (Å²) in [5.74, 6) is 0.602. The van der Waals surface area contributed by atoms with Gasteiger partial charge in [-0.1, -0.05) is 13.8 Å². The molecule has 0 saturated carbocycles. The quantitative estimate of drug-likeness (QED) is 0.755. The Bertz CT molecular complexity index is 303. The molecule has 2 nitrogen and oxygen atoms in total. The first-order chi connectivity index (χ1) is 7.69. The smallest absolute Gasteiger partial charge is 0.0656 e. The van der Waals surface area contributed by atoms with Crippen molar-refractivity contribution in [1.82, 2.24) is 5.32 Å². The zero-order chi connectivity index (χ0) is 12.0. The van der Waals surface area contributed by atoms with E-state index >= 15 is 0 Å². The molecule has 0 bridgehead atoms. The lowest BCUT2D eigenvalue weighted by molar-refractivity contribution is 0.170. The van der Waals surface area contributed by atoms with Crippen molar-refractivity contribution < 1.29 is 4.74 Å². The molecule has 4 heteroatoms. The molecule has 0 aliphatic carbocycles. The van der Waals surface area contributed by atoms with E-state index in [4.69, 9.17) is 4.74 Å². The summed E-state index contributed by atoms with van der Waals surface area (Å²) < 4.78 is 6.51. The Morgan fingerprint density at radius 1 is 1.56 bits per heavy atom. The van der Waals surface area contributed by atoms with Crippen LogP contribution >= 0.6 is 33.9 Å². The third kappa shape index (κ3) is 4.31. The second-order valence-electron chi connectivity index (χ2n) is 3.98. The van der Waals surface area contributed by atoms with Gasteiger partial charge in [-0.15, -0.1) is 11.3 Å². The van der Waals surface area contributed by atoms with Gasteiger partial charge in [-0.3, -0.25) is 0 Å². The van der Waals surface area contributed by atoms with Gasteiger partial charge in [-0.05, 0) is 58.5 Å². The van der Waals surface area contributed by atoms with Crippen LogP contribution in [0.15, 0.2) is 11.4 Å². The van der Waals surface area contributed by atoms with Crippen LogP contribution in [0.3, 0.4) is 0 Å². The monoisotopic (exact) mass is 353 g/mol. The minimum Gasteiger partial charge on any atom is -0.385 e. The number of hydrogen-bond donors (Lipinski definition) is 1. The summed E-state index contributed by atoms with van der Waals surface area (Å²) in [4.78, 5) is 0. The van der Waals surface area contributed by atoms with Crippen LogP contribution in [0.1, 0.15) is 31.9 Å². The summed E-state index contributed by atoms with van der Waals surface area (Å²) in [5.41, 5.74) is 1.42. The Kier molecular flexibility index (Phi) is 6.87. The molecule has 0 saturated heterocycles. The summed E-state index contributed by atoms with van der Waals surface area (Å²) >= 11 is 4.20. The minimum atomic E-state index is 0.458. The Morgan fingerprint density at radius 3 is 2.81 bits per heavy atom. The SMILES string of the molecule is CCNC(c1csc(I)c1)C(C)CCOC. The summed E-state index contributed by atoms with van der Waals surface area (Å²) in [5, 5.41) is 5.83. The van der Waals surface area contributed by atoms with E-state index in [1.807, 2.05) is 11.3 Å². The first-order valence-corrected chi connectivity index (χ1v) is 7.61. The molecular weight excluding hydrogens is 333 g/mol. The molecule has 0 spiro atoms. The van der Waals surface area contributed by atoms with E-state index in [1.165, 1.54) is 8.45 Å². The fraction of sp³-hybridized carbons (Fsp3) is 0.667. The Hall–Kier alpha value is 0.350. The number of methoxy groups -OCH3 is 1. The topological polar surface area (TPSA) is 21.3 Å². The number of thiophene rings is 1. The molecule has 0 fully saturated rings. The lowest BCUT2D eigenvalue weighted by atomic mass is 9.94. The van der Waals surface area contributed by atoms with Gasteiger partial charge in [0.25, 0.3) is 0 Å². The standard InChI is InChI=1S/C12H20INOS/c1-4-14-12(9(2)5-6-15-3)10-7-11(13)16-8-10/h7-9,12,14H,4-6H2,1-3H3. The zero-order valence-electron chi connectivity index (χ0n) is 10.1. The maximum Gasteiger partial charge on any atom is 0.0656 e. The van der Waals surface area contributed by atoms with Crippen molar-refractivity contribution in [3.63, 3.8) is 0 Å². The van der Waals surface area contributed by atoms with E-state index in [1.54, 1.807) is 7.11 Å². The molecule has 16 heavy (non-hydrogen) atoms. The first kappa shape index (κ1) is 14.4. The van der Waals surface area contributed by atoms with Crippen LogP contribution in [0.25, 0.3) is 0 Å². The van der Waals surface area contributed by atoms with Gasteiger partial charge < -0.3 is 10.1 Å². The van der Waals surface area contributed by atoms with Gasteiger partial charge in [0, 0.05) is 19.8 Å². The lowest BCUT2D eigenvalue weighted by Crippen LogP contribution is -2.27. The molecule has 92 valence electrons. The second-order valence-corrected chi connectivity index (χ2v) is 6.78. The molecule has 0 amide bonds. The van der Waals surface area contributed by atoms with Gasteiger partial charge >= 0.3 is 0 Å². The van der Waals surface area contributed by atoms with E-state index in [9.17, 15) is 0 Å². The van der Waals surface area contributed by atoms with Crippen molar-refractivity contribution >= 4 is 33.9 Å². The van der Waals surface area contributed by atoms with Crippen LogP contribution in [0.5, 0.6) is 0 Å². The van der Waals surface area contributed by atoms with E-state index in [2.05, 4.69) is 53.2 Å². The van der Waals surface area contributed by atoms with Gasteiger partial charge in [0.2, 0.25) is 0 Å². The highest BCUT2D eigenvalue weighted by atomic mass is 127. The highest BCUT2D eigenvalue weighted by molar-refractivity contribution is 14.1. The highest BCUT2D eigenvalue weighted by Gasteiger charge is 2.19. The number of ether oxygens (including phenoxy) is 1. The van der Waals surface area contributed by atoms with Gasteiger partial charge in [-0.2, -0.15) is 0 Å². The Balaban J connectivity index is 2.66. The summed E-state index contributed by atoms with van der Waals surface area (Å²) in [6.07, 6.45) is 1.10. The lowest BCUT2D eigenvalue weighted by Gasteiger charge is -2.24. The van der Waals surface area contributed by atoms with Gasteiger partial charge in [0.05, 0.1) is 2.88 Å². The van der Waals surface area contributed by atoms with Crippen LogP contribution in [-0.4, -0.2) is 20.3 Å². The summed E-state index contributed by atoms with van der Waals surface area (Å²) in [6.45, 7) is 6.29.